The van der Waals surface area contributed by atoms with E-state index in [1.165, 1.54) is 6.20 Å². The van der Waals surface area contributed by atoms with Crippen molar-refractivity contribution in [1.82, 2.24) is 4.98 Å². The molecule has 0 aliphatic rings. The summed E-state index contributed by atoms with van der Waals surface area (Å²) in [4.78, 5) is 16.4. The highest BCUT2D eigenvalue weighted by Gasteiger charge is 2.10. The first-order valence-electron chi connectivity index (χ1n) is 7.85. The van der Waals surface area contributed by atoms with Crippen LogP contribution in [0.2, 0.25) is 5.02 Å². The SMILES string of the molecule is COCCOc1ccc(NC(=O)c2ccc(OC(C)C)nc2)cc1Cl. The van der Waals surface area contributed by atoms with E-state index in [1.807, 2.05) is 13.8 Å². The van der Waals surface area contributed by atoms with Gasteiger partial charge in [0.1, 0.15) is 12.4 Å². The number of benzene rings is 1. The molecule has 0 fully saturated rings. The van der Waals surface area contributed by atoms with E-state index in [4.69, 9.17) is 25.8 Å². The zero-order chi connectivity index (χ0) is 18.2. The number of ether oxygens (including phenoxy) is 3. The van der Waals surface area contributed by atoms with Gasteiger partial charge in [0.15, 0.2) is 0 Å². The average molecular weight is 365 g/mol. The molecule has 0 radical (unpaired) electrons. The van der Waals surface area contributed by atoms with Crippen LogP contribution >= 0.6 is 11.6 Å². The van der Waals surface area contributed by atoms with Crippen LogP contribution in [0.5, 0.6) is 11.6 Å². The monoisotopic (exact) mass is 364 g/mol. The second kappa shape index (κ2) is 9.25. The Bertz CT molecular complexity index is 705. The van der Waals surface area contributed by atoms with Crippen LogP contribution in [0, 0.1) is 0 Å². The standard InChI is InChI=1S/C18H21ClN2O4/c1-12(2)25-17-7-4-13(11-20-17)18(22)21-14-5-6-16(15(19)10-14)24-9-8-23-3/h4-7,10-12H,8-9H2,1-3H3,(H,21,22). The molecule has 7 heteroatoms. The van der Waals surface area contributed by atoms with Crippen LogP contribution in [0.4, 0.5) is 5.69 Å². The molecule has 1 aromatic carbocycles. The minimum absolute atomic E-state index is 0.0268. The fourth-order valence-corrected chi connectivity index (χ4v) is 2.19. The van der Waals surface area contributed by atoms with Gasteiger partial charge in [0.25, 0.3) is 5.91 Å². The molecule has 0 saturated carbocycles. The molecule has 2 aromatic rings. The summed E-state index contributed by atoms with van der Waals surface area (Å²) >= 11 is 6.16. The smallest absolute Gasteiger partial charge is 0.257 e. The lowest BCUT2D eigenvalue weighted by Gasteiger charge is -2.11. The second-order valence-electron chi connectivity index (χ2n) is 5.49. The van der Waals surface area contributed by atoms with E-state index in [1.54, 1.807) is 37.4 Å². The molecular weight excluding hydrogens is 344 g/mol. The first kappa shape index (κ1) is 19.0. The molecule has 0 spiro atoms. The molecule has 0 aliphatic carbocycles. The van der Waals surface area contributed by atoms with E-state index in [0.717, 1.165) is 0 Å². The molecule has 1 heterocycles. The number of halogens is 1. The van der Waals surface area contributed by atoms with Crippen molar-refractivity contribution in [3.05, 3.63) is 47.1 Å². The summed E-state index contributed by atoms with van der Waals surface area (Å²) < 4.78 is 15.8. The number of nitrogens with one attached hydrogen (secondary N) is 1. The lowest BCUT2D eigenvalue weighted by molar-refractivity contribution is 0.102. The van der Waals surface area contributed by atoms with Crippen molar-refractivity contribution >= 4 is 23.2 Å². The summed E-state index contributed by atoms with van der Waals surface area (Å²) in [5.74, 6) is 0.730. The number of rotatable bonds is 8. The number of methoxy groups -OCH3 is 1. The van der Waals surface area contributed by atoms with E-state index >= 15 is 0 Å². The molecule has 0 bridgehead atoms. The molecule has 1 N–H and O–H groups in total. The van der Waals surface area contributed by atoms with Crippen molar-refractivity contribution < 1.29 is 19.0 Å². The largest absolute Gasteiger partial charge is 0.490 e. The van der Waals surface area contributed by atoms with Gasteiger partial charge in [-0.3, -0.25) is 4.79 Å². The van der Waals surface area contributed by atoms with Crippen LogP contribution in [-0.2, 0) is 4.74 Å². The highest BCUT2D eigenvalue weighted by molar-refractivity contribution is 6.32. The quantitative estimate of drug-likeness (QED) is 0.721. The molecule has 6 nitrogen and oxygen atoms in total. The van der Waals surface area contributed by atoms with Crippen molar-refractivity contribution in [3.63, 3.8) is 0 Å². The van der Waals surface area contributed by atoms with Gasteiger partial charge in [-0.2, -0.15) is 0 Å². The van der Waals surface area contributed by atoms with Gasteiger partial charge >= 0.3 is 0 Å². The van der Waals surface area contributed by atoms with Crippen LogP contribution < -0.4 is 14.8 Å². The zero-order valence-electron chi connectivity index (χ0n) is 14.4. The molecule has 0 atom stereocenters. The maximum atomic E-state index is 12.3. The summed E-state index contributed by atoms with van der Waals surface area (Å²) in [5, 5.41) is 3.18. The van der Waals surface area contributed by atoms with Crippen LogP contribution in [0.3, 0.4) is 0 Å². The predicted molar refractivity (Wildman–Crippen MR) is 96.8 cm³/mol. The molecule has 25 heavy (non-hydrogen) atoms. The second-order valence-corrected chi connectivity index (χ2v) is 5.90. The third-order valence-electron chi connectivity index (χ3n) is 3.09. The van der Waals surface area contributed by atoms with Crippen molar-refractivity contribution in [1.29, 1.82) is 0 Å². The fourth-order valence-electron chi connectivity index (χ4n) is 1.96. The Morgan fingerprint density at radius 3 is 2.64 bits per heavy atom. The Labute approximate surface area is 152 Å². The van der Waals surface area contributed by atoms with Gasteiger partial charge in [-0.1, -0.05) is 11.6 Å². The van der Waals surface area contributed by atoms with E-state index < -0.39 is 0 Å². The summed E-state index contributed by atoms with van der Waals surface area (Å²) in [5.41, 5.74) is 0.990. The van der Waals surface area contributed by atoms with E-state index in [2.05, 4.69) is 10.3 Å². The van der Waals surface area contributed by atoms with Crippen LogP contribution in [-0.4, -0.2) is 37.3 Å². The first-order chi connectivity index (χ1) is 12.0. The summed E-state index contributed by atoms with van der Waals surface area (Å²) in [6.07, 6.45) is 1.50. The highest BCUT2D eigenvalue weighted by atomic mass is 35.5. The van der Waals surface area contributed by atoms with Crippen LogP contribution in [0.1, 0.15) is 24.2 Å². The average Bonchev–Trinajstić information content (AvgIpc) is 2.57. The fraction of sp³-hybridized carbons (Fsp3) is 0.333. The summed E-state index contributed by atoms with van der Waals surface area (Å²) in [6.45, 7) is 4.69. The summed E-state index contributed by atoms with van der Waals surface area (Å²) in [6, 6.07) is 8.37. The number of nitrogens with zero attached hydrogens (tertiary/aromatic N) is 1. The van der Waals surface area contributed by atoms with Crippen molar-refractivity contribution in [2.75, 3.05) is 25.6 Å². The predicted octanol–water partition coefficient (Wildman–Crippen LogP) is 3.80. The van der Waals surface area contributed by atoms with Gasteiger partial charge in [0.05, 0.1) is 23.3 Å². The van der Waals surface area contributed by atoms with Crippen LogP contribution in [0.25, 0.3) is 0 Å². The molecule has 1 amide bonds. The van der Waals surface area contributed by atoms with Gasteiger partial charge in [0, 0.05) is 25.1 Å². The minimum atomic E-state index is -0.285. The Morgan fingerprint density at radius 2 is 2.04 bits per heavy atom. The molecule has 0 unspecified atom stereocenters. The Hall–Kier alpha value is -2.31. The van der Waals surface area contributed by atoms with E-state index in [-0.39, 0.29) is 12.0 Å². The number of carbonyl (C=O) groups is 1. The summed E-state index contributed by atoms with van der Waals surface area (Å²) in [7, 11) is 1.60. The molecule has 134 valence electrons. The number of pyridine rings is 1. The maximum absolute atomic E-state index is 12.3. The number of hydrogen-bond donors (Lipinski definition) is 1. The number of anilines is 1. The molecule has 0 saturated heterocycles. The van der Waals surface area contributed by atoms with Crippen molar-refractivity contribution in [2.45, 2.75) is 20.0 Å². The van der Waals surface area contributed by atoms with Gasteiger partial charge in [-0.25, -0.2) is 4.98 Å². The maximum Gasteiger partial charge on any atom is 0.257 e. The van der Waals surface area contributed by atoms with Gasteiger partial charge in [-0.15, -0.1) is 0 Å². The molecular formula is C18H21ClN2O4. The van der Waals surface area contributed by atoms with E-state index in [0.29, 0.717) is 41.1 Å². The number of aromatic nitrogens is 1. The minimum Gasteiger partial charge on any atom is -0.490 e. The van der Waals surface area contributed by atoms with E-state index in [9.17, 15) is 4.79 Å². The lowest BCUT2D eigenvalue weighted by Crippen LogP contribution is -2.13. The lowest BCUT2D eigenvalue weighted by atomic mass is 10.2. The van der Waals surface area contributed by atoms with Gasteiger partial charge < -0.3 is 19.5 Å². The first-order valence-corrected chi connectivity index (χ1v) is 8.22. The number of carbonyl (C=O) groups excluding carboxylic acids is 1. The van der Waals surface area contributed by atoms with Gasteiger partial charge in [0.2, 0.25) is 5.88 Å². The van der Waals surface area contributed by atoms with Gasteiger partial charge in [-0.05, 0) is 38.1 Å². The number of amides is 1. The molecule has 2 rings (SSSR count). The third kappa shape index (κ3) is 5.92. The Morgan fingerprint density at radius 1 is 1.24 bits per heavy atom. The highest BCUT2D eigenvalue weighted by Crippen LogP contribution is 2.28. The number of hydrogen-bond acceptors (Lipinski definition) is 5. The normalized spacial score (nSPS) is 10.6. The Balaban J connectivity index is 1.99. The van der Waals surface area contributed by atoms with Crippen molar-refractivity contribution in [3.8, 4) is 11.6 Å². The van der Waals surface area contributed by atoms with Crippen LogP contribution in [0.15, 0.2) is 36.5 Å². The molecule has 0 aliphatic heterocycles. The van der Waals surface area contributed by atoms with Crippen molar-refractivity contribution in [2.24, 2.45) is 0 Å². The topological polar surface area (TPSA) is 69.7 Å². The zero-order valence-corrected chi connectivity index (χ0v) is 15.2. The molecule has 1 aromatic heterocycles. The Kier molecular flexibility index (Phi) is 7.03. The third-order valence-corrected chi connectivity index (χ3v) is 3.39.